The molecule has 3 nitrogen and oxygen atoms in total. The van der Waals surface area contributed by atoms with Crippen LogP contribution >= 0.6 is 0 Å². The summed E-state index contributed by atoms with van der Waals surface area (Å²) in [5.74, 6) is 0. The van der Waals surface area contributed by atoms with Gasteiger partial charge in [0.05, 0.1) is 12.7 Å². The standard InChI is InChI=1S/C16H28N2O/c1-16(2,3)17-13-15(19-12-11-18(4)5)14-9-7-6-8-10-14/h6-10,15,17H,11-13H2,1-5H3. The molecule has 1 unspecified atom stereocenters. The van der Waals surface area contributed by atoms with Crippen molar-refractivity contribution in [3.8, 4) is 0 Å². The van der Waals surface area contributed by atoms with Crippen LogP contribution < -0.4 is 5.32 Å². The molecule has 0 fully saturated rings. The van der Waals surface area contributed by atoms with Crippen LogP contribution in [0.5, 0.6) is 0 Å². The van der Waals surface area contributed by atoms with Gasteiger partial charge in [0, 0.05) is 18.6 Å². The first-order valence-corrected chi connectivity index (χ1v) is 6.95. The van der Waals surface area contributed by atoms with Gasteiger partial charge in [-0.05, 0) is 40.4 Å². The van der Waals surface area contributed by atoms with Gasteiger partial charge < -0.3 is 15.0 Å². The summed E-state index contributed by atoms with van der Waals surface area (Å²) >= 11 is 0. The smallest absolute Gasteiger partial charge is 0.0950 e. The second kappa shape index (κ2) is 7.63. The number of likely N-dealkylation sites (N-methyl/N-ethyl adjacent to an activating group) is 1. The van der Waals surface area contributed by atoms with Crippen molar-refractivity contribution in [1.29, 1.82) is 0 Å². The molecular formula is C16H28N2O. The van der Waals surface area contributed by atoms with Crippen molar-refractivity contribution in [2.45, 2.75) is 32.4 Å². The molecule has 1 aromatic carbocycles. The monoisotopic (exact) mass is 264 g/mol. The lowest BCUT2D eigenvalue weighted by atomic mass is 10.1. The number of nitrogens with zero attached hydrogens (tertiary/aromatic N) is 1. The third-order valence-corrected chi connectivity index (χ3v) is 2.85. The SMILES string of the molecule is CN(C)CCOC(CNC(C)(C)C)c1ccccc1. The van der Waals surface area contributed by atoms with E-state index in [1.807, 2.05) is 6.07 Å². The first-order valence-electron chi connectivity index (χ1n) is 6.95. The second-order valence-electron chi connectivity index (χ2n) is 6.20. The summed E-state index contributed by atoms with van der Waals surface area (Å²) in [5, 5.41) is 3.52. The zero-order valence-corrected chi connectivity index (χ0v) is 12.9. The van der Waals surface area contributed by atoms with Gasteiger partial charge in [-0.25, -0.2) is 0 Å². The molecule has 108 valence electrons. The summed E-state index contributed by atoms with van der Waals surface area (Å²) < 4.78 is 6.03. The third kappa shape index (κ3) is 7.31. The molecule has 1 rings (SSSR count). The fourth-order valence-electron chi connectivity index (χ4n) is 1.72. The van der Waals surface area contributed by atoms with Crippen LogP contribution in [0.1, 0.15) is 32.4 Å². The molecule has 1 N–H and O–H groups in total. The minimum atomic E-state index is 0.109. The van der Waals surface area contributed by atoms with E-state index in [0.717, 1.165) is 19.7 Å². The fourth-order valence-corrected chi connectivity index (χ4v) is 1.72. The van der Waals surface area contributed by atoms with Crippen LogP contribution in [-0.4, -0.2) is 44.2 Å². The molecule has 0 saturated carbocycles. The summed E-state index contributed by atoms with van der Waals surface area (Å²) in [6.07, 6.45) is 0.111. The number of rotatable bonds is 7. The maximum atomic E-state index is 6.03. The van der Waals surface area contributed by atoms with Crippen molar-refractivity contribution in [2.24, 2.45) is 0 Å². The second-order valence-corrected chi connectivity index (χ2v) is 6.20. The van der Waals surface area contributed by atoms with Gasteiger partial charge in [-0.1, -0.05) is 30.3 Å². The summed E-state index contributed by atoms with van der Waals surface area (Å²) in [5.41, 5.74) is 1.34. The zero-order valence-electron chi connectivity index (χ0n) is 12.9. The Balaban J connectivity index is 2.58. The molecule has 0 spiro atoms. The van der Waals surface area contributed by atoms with Crippen LogP contribution in [0, 0.1) is 0 Å². The quantitative estimate of drug-likeness (QED) is 0.819. The number of ether oxygens (including phenoxy) is 1. The lowest BCUT2D eigenvalue weighted by molar-refractivity contribution is 0.0397. The van der Waals surface area contributed by atoms with E-state index in [2.05, 4.69) is 69.3 Å². The normalized spacial score (nSPS) is 13.8. The molecule has 0 saturated heterocycles. The Morgan fingerprint density at radius 3 is 2.32 bits per heavy atom. The highest BCUT2D eigenvalue weighted by molar-refractivity contribution is 5.18. The van der Waals surface area contributed by atoms with Crippen LogP contribution in [0.4, 0.5) is 0 Å². The van der Waals surface area contributed by atoms with E-state index in [1.165, 1.54) is 5.56 Å². The molecule has 0 aliphatic heterocycles. The van der Waals surface area contributed by atoms with Crippen LogP contribution in [0.15, 0.2) is 30.3 Å². The highest BCUT2D eigenvalue weighted by atomic mass is 16.5. The minimum Gasteiger partial charge on any atom is -0.371 e. The summed E-state index contributed by atoms with van der Waals surface area (Å²) in [7, 11) is 4.13. The van der Waals surface area contributed by atoms with Crippen molar-refractivity contribution in [1.82, 2.24) is 10.2 Å². The molecule has 0 amide bonds. The van der Waals surface area contributed by atoms with Gasteiger partial charge >= 0.3 is 0 Å². The van der Waals surface area contributed by atoms with E-state index >= 15 is 0 Å². The van der Waals surface area contributed by atoms with Crippen LogP contribution in [0.25, 0.3) is 0 Å². The fraction of sp³-hybridized carbons (Fsp3) is 0.625. The van der Waals surface area contributed by atoms with Gasteiger partial charge in [0.1, 0.15) is 0 Å². The van der Waals surface area contributed by atoms with E-state index in [0.29, 0.717) is 0 Å². The lowest BCUT2D eigenvalue weighted by Crippen LogP contribution is -2.39. The van der Waals surface area contributed by atoms with Gasteiger partial charge in [0.25, 0.3) is 0 Å². The molecule has 1 aromatic rings. The first kappa shape index (κ1) is 16.2. The largest absolute Gasteiger partial charge is 0.371 e. The molecule has 0 bridgehead atoms. The molecule has 0 radical (unpaired) electrons. The maximum Gasteiger partial charge on any atom is 0.0950 e. The van der Waals surface area contributed by atoms with Crippen molar-refractivity contribution in [3.05, 3.63) is 35.9 Å². The Morgan fingerprint density at radius 1 is 1.16 bits per heavy atom. The lowest BCUT2D eigenvalue weighted by Gasteiger charge is -2.26. The van der Waals surface area contributed by atoms with E-state index in [4.69, 9.17) is 4.74 Å². The minimum absolute atomic E-state index is 0.109. The summed E-state index contributed by atoms with van der Waals surface area (Å²) in [6, 6.07) is 10.4. The zero-order chi connectivity index (χ0) is 14.3. The molecule has 0 heterocycles. The summed E-state index contributed by atoms with van der Waals surface area (Å²) in [6.45, 7) is 9.05. The van der Waals surface area contributed by atoms with E-state index in [9.17, 15) is 0 Å². The third-order valence-electron chi connectivity index (χ3n) is 2.85. The van der Waals surface area contributed by atoms with Gasteiger partial charge in [0.15, 0.2) is 0 Å². The highest BCUT2D eigenvalue weighted by Crippen LogP contribution is 2.17. The average molecular weight is 264 g/mol. The molecule has 1 atom stereocenters. The molecular weight excluding hydrogens is 236 g/mol. The van der Waals surface area contributed by atoms with Crippen LogP contribution in [-0.2, 0) is 4.74 Å². The van der Waals surface area contributed by atoms with Gasteiger partial charge in [0.2, 0.25) is 0 Å². The van der Waals surface area contributed by atoms with E-state index in [1.54, 1.807) is 0 Å². The Labute approximate surface area is 118 Å². The predicted octanol–water partition coefficient (Wildman–Crippen LogP) is 2.69. The number of benzene rings is 1. The summed E-state index contributed by atoms with van der Waals surface area (Å²) in [4.78, 5) is 2.14. The van der Waals surface area contributed by atoms with E-state index in [-0.39, 0.29) is 11.6 Å². The molecule has 0 aliphatic rings. The van der Waals surface area contributed by atoms with Gasteiger partial charge in [-0.15, -0.1) is 0 Å². The Kier molecular flexibility index (Phi) is 6.49. The molecule has 19 heavy (non-hydrogen) atoms. The predicted molar refractivity (Wildman–Crippen MR) is 81.4 cm³/mol. The van der Waals surface area contributed by atoms with Crippen molar-refractivity contribution in [3.63, 3.8) is 0 Å². The first-order chi connectivity index (χ1) is 8.88. The Hall–Kier alpha value is -0.900. The number of hydrogen-bond donors (Lipinski definition) is 1. The van der Waals surface area contributed by atoms with Crippen molar-refractivity contribution >= 4 is 0 Å². The maximum absolute atomic E-state index is 6.03. The number of nitrogens with one attached hydrogen (secondary N) is 1. The Bertz CT molecular complexity index is 344. The molecule has 0 aliphatic carbocycles. The van der Waals surface area contributed by atoms with Crippen molar-refractivity contribution < 1.29 is 4.74 Å². The van der Waals surface area contributed by atoms with Crippen LogP contribution in [0.2, 0.25) is 0 Å². The topological polar surface area (TPSA) is 24.5 Å². The van der Waals surface area contributed by atoms with Gasteiger partial charge in [-0.2, -0.15) is 0 Å². The van der Waals surface area contributed by atoms with Crippen LogP contribution in [0.3, 0.4) is 0 Å². The number of hydrogen-bond acceptors (Lipinski definition) is 3. The van der Waals surface area contributed by atoms with Crippen molar-refractivity contribution in [2.75, 3.05) is 33.8 Å². The van der Waals surface area contributed by atoms with Gasteiger partial charge in [-0.3, -0.25) is 0 Å². The Morgan fingerprint density at radius 2 is 1.79 bits per heavy atom. The molecule has 3 heteroatoms. The average Bonchev–Trinajstić information content (AvgIpc) is 2.33. The van der Waals surface area contributed by atoms with E-state index < -0.39 is 0 Å². The molecule has 0 aromatic heterocycles. The highest BCUT2D eigenvalue weighted by Gasteiger charge is 2.16.